The molecule has 0 bridgehead atoms. The molecule has 0 unspecified atom stereocenters. The number of benzene rings is 2. The lowest BCUT2D eigenvalue weighted by Gasteiger charge is -2.09. The first-order chi connectivity index (χ1) is 11.7. The van der Waals surface area contributed by atoms with E-state index in [1.807, 2.05) is 6.07 Å². The van der Waals surface area contributed by atoms with Crippen LogP contribution in [0.5, 0.6) is 11.5 Å². The lowest BCUT2D eigenvalue weighted by Crippen LogP contribution is -2.12. The normalized spacial score (nSPS) is 10.2. The Morgan fingerprint density at radius 1 is 1.00 bits per heavy atom. The molecule has 0 spiro atoms. The minimum atomic E-state index is -0.298. The van der Waals surface area contributed by atoms with E-state index >= 15 is 0 Å². The van der Waals surface area contributed by atoms with E-state index in [-0.39, 0.29) is 11.7 Å². The first-order valence-corrected chi connectivity index (χ1v) is 7.14. The number of anilines is 1. The SMILES string of the molecule is COc1ccc(-c2nonc2NC(=O)c2ccccc2)cc1OC. The van der Waals surface area contributed by atoms with Crippen LogP contribution in [0, 0.1) is 0 Å². The van der Waals surface area contributed by atoms with Gasteiger partial charge in [0, 0.05) is 11.1 Å². The van der Waals surface area contributed by atoms with Crippen molar-refractivity contribution in [2.75, 3.05) is 19.5 Å². The molecule has 7 nitrogen and oxygen atoms in total. The summed E-state index contributed by atoms with van der Waals surface area (Å²) >= 11 is 0. The quantitative estimate of drug-likeness (QED) is 0.776. The predicted octanol–water partition coefficient (Wildman–Crippen LogP) is 3.01. The van der Waals surface area contributed by atoms with Gasteiger partial charge in [0.2, 0.25) is 5.82 Å². The highest BCUT2D eigenvalue weighted by Gasteiger charge is 2.17. The molecule has 0 saturated heterocycles. The average Bonchev–Trinajstić information content (AvgIpc) is 3.09. The summed E-state index contributed by atoms with van der Waals surface area (Å²) in [6, 6.07) is 14.1. The van der Waals surface area contributed by atoms with Crippen LogP contribution in [0.4, 0.5) is 5.82 Å². The van der Waals surface area contributed by atoms with Gasteiger partial charge in [-0.2, -0.15) is 0 Å². The maximum absolute atomic E-state index is 12.3. The zero-order chi connectivity index (χ0) is 16.9. The second-order valence-corrected chi connectivity index (χ2v) is 4.85. The number of aromatic nitrogens is 2. The first kappa shape index (κ1) is 15.5. The molecule has 0 fully saturated rings. The Kier molecular flexibility index (Phi) is 4.42. The second kappa shape index (κ2) is 6.82. The molecule has 0 aliphatic heterocycles. The summed E-state index contributed by atoms with van der Waals surface area (Å²) in [5, 5.41) is 10.3. The standard InChI is InChI=1S/C17H15N3O4/c1-22-13-9-8-12(10-14(13)23-2)15-16(20-24-19-15)18-17(21)11-6-4-3-5-7-11/h3-10H,1-2H3,(H,18,20,21). The predicted molar refractivity (Wildman–Crippen MR) is 87.2 cm³/mol. The monoisotopic (exact) mass is 325 g/mol. The molecule has 1 aromatic heterocycles. The number of nitrogens with one attached hydrogen (secondary N) is 1. The van der Waals surface area contributed by atoms with Crippen LogP contribution < -0.4 is 14.8 Å². The summed E-state index contributed by atoms with van der Waals surface area (Å²) in [5.41, 5.74) is 1.59. The van der Waals surface area contributed by atoms with Crippen molar-refractivity contribution in [2.45, 2.75) is 0 Å². The molecule has 0 radical (unpaired) electrons. The number of amides is 1. The second-order valence-electron chi connectivity index (χ2n) is 4.85. The lowest BCUT2D eigenvalue weighted by atomic mass is 10.1. The largest absolute Gasteiger partial charge is 0.493 e. The molecular weight excluding hydrogens is 310 g/mol. The van der Waals surface area contributed by atoms with Crippen molar-refractivity contribution in [3.8, 4) is 22.8 Å². The highest BCUT2D eigenvalue weighted by molar-refractivity contribution is 6.05. The molecule has 0 atom stereocenters. The maximum Gasteiger partial charge on any atom is 0.256 e. The van der Waals surface area contributed by atoms with Gasteiger partial charge in [-0.15, -0.1) is 0 Å². The van der Waals surface area contributed by atoms with E-state index in [0.29, 0.717) is 28.3 Å². The lowest BCUT2D eigenvalue weighted by molar-refractivity contribution is 0.102. The van der Waals surface area contributed by atoms with E-state index in [9.17, 15) is 4.79 Å². The van der Waals surface area contributed by atoms with Gasteiger partial charge in [-0.05, 0) is 40.6 Å². The van der Waals surface area contributed by atoms with Crippen molar-refractivity contribution in [3.05, 3.63) is 54.1 Å². The maximum atomic E-state index is 12.3. The molecule has 0 saturated carbocycles. The summed E-state index contributed by atoms with van der Waals surface area (Å²) in [6.45, 7) is 0. The Bertz CT molecular complexity index is 846. The summed E-state index contributed by atoms with van der Waals surface area (Å²) in [6.07, 6.45) is 0. The number of rotatable bonds is 5. The molecule has 122 valence electrons. The first-order valence-electron chi connectivity index (χ1n) is 7.14. The third kappa shape index (κ3) is 3.05. The molecule has 7 heteroatoms. The Labute approximate surface area is 138 Å². The van der Waals surface area contributed by atoms with Crippen molar-refractivity contribution in [3.63, 3.8) is 0 Å². The van der Waals surface area contributed by atoms with Gasteiger partial charge in [0.25, 0.3) is 5.91 Å². The zero-order valence-electron chi connectivity index (χ0n) is 13.1. The minimum absolute atomic E-state index is 0.232. The van der Waals surface area contributed by atoms with Crippen LogP contribution in [0.2, 0.25) is 0 Å². The molecular formula is C17H15N3O4. The van der Waals surface area contributed by atoms with Crippen LogP contribution in [0.3, 0.4) is 0 Å². The molecule has 3 rings (SSSR count). The van der Waals surface area contributed by atoms with E-state index in [1.165, 1.54) is 0 Å². The van der Waals surface area contributed by atoms with Crippen molar-refractivity contribution < 1.29 is 18.9 Å². The number of methoxy groups -OCH3 is 2. The van der Waals surface area contributed by atoms with Gasteiger partial charge in [-0.25, -0.2) is 4.63 Å². The third-order valence-electron chi connectivity index (χ3n) is 3.41. The van der Waals surface area contributed by atoms with Crippen LogP contribution in [0.25, 0.3) is 11.3 Å². The third-order valence-corrected chi connectivity index (χ3v) is 3.41. The van der Waals surface area contributed by atoms with E-state index in [0.717, 1.165) is 0 Å². The van der Waals surface area contributed by atoms with Crippen LogP contribution in [0.15, 0.2) is 53.2 Å². The van der Waals surface area contributed by atoms with Crippen molar-refractivity contribution in [1.29, 1.82) is 0 Å². The number of carbonyl (C=O) groups is 1. The Morgan fingerprint density at radius 3 is 2.46 bits per heavy atom. The highest BCUT2D eigenvalue weighted by Crippen LogP contribution is 2.33. The van der Waals surface area contributed by atoms with Gasteiger partial charge in [0.15, 0.2) is 17.2 Å². The molecule has 3 aromatic rings. The zero-order valence-corrected chi connectivity index (χ0v) is 13.1. The number of hydrogen-bond acceptors (Lipinski definition) is 6. The fourth-order valence-corrected chi connectivity index (χ4v) is 2.21. The van der Waals surface area contributed by atoms with Gasteiger partial charge in [0.1, 0.15) is 0 Å². The fourth-order valence-electron chi connectivity index (χ4n) is 2.21. The van der Waals surface area contributed by atoms with Gasteiger partial charge >= 0.3 is 0 Å². The minimum Gasteiger partial charge on any atom is -0.493 e. The van der Waals surface area contributed by atoms with E-state index < -0.39 is 0 Å². The summed E-state index contributed by atoms with van der Waals surface area (Å²) in [7, 11) is 3.10. The van der Waals surface area contributed by atoms with Crippen molar-refractivity contribution in [2.24, 2.45) is 0 Å². The number of nitrogens with zero attached hydrogens (tertiary/aromatic N) is 2. The van der Waals surface area contributed by atoms with Crippen LogP contribution >= 0.6 is 0 Å². The molecule has 1 heterocycles. The Morgan fingerprint density at radius 2 is 1.75 bits per heavy atom. The van der Waals surface area contributed by atoms with E-state index in [2.05, 4.69) is 15.6 Å². The average molecular weight is 325 g/mol. The molecule has 0 aliphatic carbocycles. The summed E-state index contributed by atoms with van der Waals surface area (Å²) in [4.78, 5) is 12.3. The number of hydrogen-bond donors (Lipinski definition) is 1. The molecule has 2 aromatic carbocycles. The molecule has 24 heavy (non-hydrogen) atoms. The van der Waals surface area contributed by atoms with Gasteiger partial charge < -0.3 is 14.8 Å². The Hall–Kier alpha value is -3.35. The van der Waals surface area contributed by atoms with Gasteiger partial charge in [-0.3, -0.25) is 4.79 Å². The fraction of sp³-hybridized carbons (Fsp3) is 0.118. The summed E-state index contributed by atoms with van der Waals surface area (Å²) in [5.74, 6) is 1.06. The molecule has 1 amide bonds. The van der Waals surface area contributed by atoms with Crippen molar-refractivity contribution in [1.82, 2.24) is 10.3 Å². The van der Waals surface area contributed by atoms with Crippen LogP contribution in [-0.2, 0) is 0 Å². The molecule has 0 aliphatic rings. The van der Waals surface area contributed by atoms with Crippen molar-refractivity contribution >= 4 is 11.7 Å². The van der Waals surface area contributed by atoms with E-state index in [4.69, 9.17) is 14.1 Å². The number of ether oxygens (including phenoxy) is 2. The summed E-state index contributed by atoms with van der Waals surface area (Å²) < 4.78 is 15.3. The van der Waals surface area contributed by atoms with Crippen LogP contribution in [0.1, 0.15) is 10.4 Å². The molecule has 1 N–H and O–H groups in total. The van der Waals surface area contributed by atoms with Crippen LogP contribution in [-0.4, -0.2) is 30.4 Å². The van der Waals surface area contributed by atoms with Gasteiger partial charge in [-0.1, -0.05) is 18.2 Å². The highest BCUT2D eigenvalue weighted by atomic mass is 16.6. The van der Waals surface area contributed by atoms with E-state index in [1.54, 1.807) is 56.7 Å². The topological polar surface area (TPSA) is 86.5 Å². The Balaban J connectivity index is 1.89. The number of carbonyl (C=O) groups excluding carboxylic acids is 1. The van der Waals surface area contributed by atoms with Gasteiger partial charge in [0.05, 0.1) is 14.2 Å². The smallest absolute Gasteiger partial charge is 0.256 e.